The normalized spacial score (nSPS) is 19.5. The molecular weight excluding hydrogens is 430 g/mol. The molecule has 0 fully saturated rings. The lowest BCUT2D eigenvalue weighted by molar-refractivity contribution is -0.118. The van der Waals surface area contributed by atoms with Gasteiger partial charge < -0.3 is 19.9 Å². The van der Waals surface area contributed by atoms with Crippen molar-refractivity contribution in [1.29, 1.82) is 5.26 Å². The number of nitrogens with zero attached hydrogens (tertiary/aromatic N) is 2. The highest BCUT2D eigenvalue weighted by molar-refractivity contribution is 6.02. The largest absolute Gasteiger partial charge is 0.497 e. The number of hydrogen-bond donors (Lipinski definition) is 1. The van der Waals surface area contributed by atoms with E-state index >= 15 is 0 Å². The zero-order valence-corrected chi connectivity index (χ0v) is 20.1. The summed E-state index contributed by atoms with van der Waals surface area (Å²) in [6.07, 6.45) is 1.01. The molecule has 4 rings (SSSR count). The molecule has 7 heteroatoms. The lowest BCUT2D eigenvalue weighted by Crippen LogP contribution is -2.42. The van der Waals surface area contributed by atoms with Crippen molar-refractivity contribution in [3.8, 4) is 23.3 Å². The van der Waals surface area contributed by atoms with E-state index in [1.54, 1.807) is 27.4 Å². The molecule has 34 heavy (non-hydrogen) atoms. The smallest absolute Gasteiger partial charge is 0.162 e. The molecular formula is C27H29N3O4. The average molecular weight is 460 g/mol. The summed E-state index contributed by atoms with van der Waals surface area (Å²) in [5.74, 6) is 1.62. The number of benzene rings is 2. The molecule has 0 saturated heterocycles. The number of methoxy groups -OCH3 is 3. The SMILES string of the molecule is COc1ccc([C@@H]2C(C#N)=C(N)N(c3ccc(OC)cc3OC)C3=C2C(=O)CC(C)(C)C3)cc1. The van der Waals surface area contributed by atoms with Gasteiger partial charge in [0.25, 0.3) is 0 Å². The van der Waals surface area contributed by atoms with Gasteiger partial charge in [-0.2, -0.15) is 5.26 Å². The second kappa shape index (κ2) is 8.79. The molecule has 1 aliphatic carbocycles. The van der Waals surface area contributed by atoms with Gasteiger partial charge in [0.05, 0.1) is 44.6 Å². The number of nitrogens with two attached hydrogens (primary N) is 1. The van der Waals surface area contributed by atoms with Crippen LogP contribution in [0.2, 0.25) is 0 Å². The van der Waals surface area contributed by atoms with E-state index in [0.717, 1.165) is 11.3 Å². The minimum Gasteiger partial charge on any atom is -0.497 e. The van der Waals surface area contributed by atoms with Crippen LogP contribution in [-0.4, -0.2) is 27.1 Å². The molecule has 2 aromatic rings. The van der Waals surface area contributed by atoms with E-state index in [9.17, 15) is 10.1 Å². The minimum atomic E-state index is -0.546. The van der Waals surface area contributed by atoms with E-state index in [1.807, 2.05) is 41.3 Å². The van der Waals surface area contributed by atoms with E-state index in [2.05, 4.69) is 19.9 Å². The van der Waals surface area contributed by atoms with Crippen LogP contribution >= 0.6 is 0 Å². The topological polar surface area (TPSA) is 97.8 Å². The first-order chi connectivity index (χ1) is 16.2. The van der Waals surface area contributed by atoms with Crippen molar-refractivity contribution >= 4 is 11.5 Å². The zero-order chi connectivity index (χ0) is 24.6. The molecule has 0 amide bonds. The second-order valence-corrected chi connectivity index (χ2v) is 9.29. The molecule has 1 heterocycles. The lowest BCUT2D eigenvalue weighted by atomic mass is 9.68. The summed E-state index contributed by atoms with van der Waals surface area (Å²) in [5.41, 5.74) is 9.65. The van der Waals surface area contributed by atoms with Crippen LogP contribution < -0.4 is 24.8 Å². The summed E-state index contributed by atoms with van der Waals surface area (Å²) in [6.45, 7) is 4.14. The first-order valence-corrected chi connectivity index (χ1v) is 11.1. The fourth-order valence-corrected chi connectivity index (χ4v) is 4.88. The molecule has 1 atom stereocenters. The van der Waals surface area contributed by atoms with Gasteiger partial charge in [0.2, 0.25) is 0 Å². The van der Waals surface area contributed by atoms with Crippen LogP contribution in [0, 0.1) is 16.7 Å². The fraction of sp³-hybridized carbons (Fsp3) is 0.333. The third kappa shape index (κ3) is 3.86. The maximum atomic E-state index is 13.6. The van der Waals surface area contributed by atoms with Crippen molar-refractivity contribution in [3.63, 3.8) is 0 Å². The Hall–Kier alpha value is -3.92. The minimum absolute atomic E-state index is 0.0183. The number of carbonyl (C=O) groups excluding carboxylic acids is 1. The summed E-state index contributed by atoms with van der Waals surface area (Å²) in [7, 11) is 4.75. The van der Waals surface area contributed by atoms with Gasteiger partial charge >= 0.3 is 0 Å². The van der Waals surface area contributed by atoms with E-state index in [-0.39, 0.29) is 17.0 Å². The standard InChI is InChI=1S/C27H29N3O4/c1-27(2)13-21-25(22(31)14-27)24(16-6-8-17(32-3)9-7-16)19(15-28)26(29)30(21)20-11-10-18(33-4)12-23(20)34-5/h6-12,24H,13-14,29H2,1-5H3/t24-/m1/s1. The molecule has 7 nitrogen and oxygen atoms in total. The van der Waals surface area contributed by atoms with Crippen LogP contribution in [0.4, 0.5) is 5.69 Å². The molecule has 0 radical (unpaired) electrons. The van der Waals surface area contributed by atoms with Crippen LogP contribution in [0.3, 0.4) is 0 Å². The molecule has 0 bridgehead atoms. The number of rotatable bonds is 5. The summed E-state index contributed by atoms with van der Waals surface area (Å²) in [5, 5.41) is 10.2. The third-order valence-electron chi connectivity index (χ3n) is 6.46. The Kier molecular flexibility index (Phi) is 6.01. The van der Waals surface area contributed by atoms with Gasteiger partial charge in [-0.25, -0.2) is 0 Å². The highest BCUT2D eigenvalue weighted by Gasteiger charge is 2.45. The molecule has 176 valence electrons. The predicted octanol–water partition coefficient (Wildman–Crippen LogP) is 4.65. The van der Waals surface area contributed by atoms with Crippen molar-refractivity contribution < 1.29 is 19.0 Å². The highest BCUT2D eigenvalue weighted by Crippen LogP contribution is 2.51. The van der Waals surface area contributed by atoms with Crippen molar-refractivity contribution in [2.24, 2.45) is 11.1 Å². The number of hydrogen-bond acceptors (Lipinski definition) is 7. The third-order valence-corrected chi connectivity index (χ3v) is 6.46. The lowest BCUT2D eigenvalue weighted by Gasteiger charge is -2.44. The number of allylic oxidation sites excluding steroid dienone is 3. The molecule has 2 aromatic carbocycles. The van der Waals surface area contributed by atoms with Crippen LogP contribution in [0.1, 0.15) is 38.2 Å². The molecule has 2 N–H and O–H groups in total. The monoisotopic (exact) mass is 459 g/mol. The first-order valence-electron chi connectivity index (χ1n) is 11.1. The van der Waals surface area contributed by atoms with Crippen LogP contribution in [0.5, 0.6) is 17.2 Å². The first kappa shape index (κ1) is 23.2. The number of ether oxygens (including phenoxy) is 3. The van der Waals surface area contributed by atoms with Gasteiger partial charge in [0.1, 0.15) is 23.1 Å². The highest BCUT2D eigenvalue weighted by atomic mass is 16.5. The van der Waals surface area contributed by atoms with Gasteiger partial charge in [-0.1, -0.05) is 26.0 Å². The van der Waals surface area contributed by atoms with Gasteiger partial charge in [0.15, 0.2) is 5.78 Å². The Morgan fingerprint density at radius 2 is 1.65 bits per heavy atom. The van der Waals surface area contributed by atoms with Crippen molar-refractivity contribution in [3.05, 3.63) is 70.7 Å². The van der Waals surface area contributed by atoms with Gasteiger partial charge in [-0.05, 0) is 41.7 Å². The maximum absolute atomic E-state index is 13.6. The number of Topliss-reactive ketones (excluding diaryl/α,β-unsaturated/α-hetero) is 1. The summed E-state index contributed by atoms with van der Waals surface area (Å²) in [4.78, 5) is 15.4. The van der Waals surface area contributed by atoms with Gasteiger partial charge in [-0.15, -0.1) is 0 Å². The van der Waals surface area contributed by atoms with E-state index < -0.39 is 5.92 Å². The van der Waals surface area contributed by atoms with Crippen molar-refractivity contribution in [2.75, 3.05) is 26.2 Å². The van der Waals surface area contributed by atoms with Crippen LogP contribution in [-0.2, 0) is 4.79 Å². The fourth-order valence-electron chi connectivity index (χ4n) is 4.88. The summed E-state index contributed by atoms with van der Waals surface area (Å²) >= 11 is 0. The number of anilines is 1. The zero-order valence-electron chi connectivity index (χ0n) is 20.1. The molecule has 2 aliphatic rings. The predicted molar refractivity (Wildman–Crippen MR) is 130 cm³/mol. The van der Waals surface area contributed by atoms with Gasteiger partial charge in [-0.3, -0.25) is 9.69 Å². The number of nitriles is 1. The Labute approximate surface area is 200 Å². The van der Waals surface area contributed by atoms with E-state index in [4.69, 9.17) is 19.9 Å². The maximum Gasteiger partial charge on any atom is 0.162 e. The molecule has 0 aromatic heterocycles. The molecule has 0 saturated carbocycles. The molecule has 0 unspecified atom stereocenters. The Balaban J connectivity index is 1.99. The van der Waals surface area contributed by atoms with Crippen LogP contribution in [0.15, 0.2) is 65.1 Å². The second-order valence-electron chi connectivity index (χ2n) is 9.29. The number of ketones is 1. The Bertz CT molecular complexity index is 1240. The Morgan fingerprint density at radius 1 is 1.00 bits per heavy atom. The van der Waals surface area contributed by atoms with Crippen molar-refractivity contribution in [1.82, 2.24) is 0 Å². The molecule has 1 aliphatic heterocycles. The summed E-state index contributed by atoms with van der Waals surface area (Å²) in [6, 6.07) is 15.1. The van der Waals surface area contributed by atoms with Crippen molar-refractivity contribution in [2.45, 2.75) is 32.6 Å². The number of carbonyl (C=O) groups is 1. The quantitative estimate of drug-likeness (QED) is 0.695. The molecule has 0 spiro atoms. The Morgan fingerprint density at radius 3 is 2.24 bits per heavy atom. The summed E-state index contributed by atoms with van der Waals surface area (Å²) < 4.78 is 16.3. The average Bonchev–Trinajstić information content (AvgIpc) is 2.82. The van der Waals surface area contributed by atoms with Crippen LogP contribution in [0.25, 0.3) is 0 Å². The van der Waals surface area contributed by atoms with E-state index in [1.165, 1.54) is 0 Å². The van der Waals surface area contributed by atoms with E-state index in [0.29, 0.717) is 46.9 Å². The van der Waals surface area contributed by atoms with Gasteiger partial charge in [0, 0.05) is 23.8 Å².